The minimum atomic E-state index is -0.565. The molecule has 0 aliphatic carbocycles. The van der Waals surface area contributed by atoms with Crippen LogP contribution in [0.1, 0.15) is 31.1 Å². The van der Waals surface area contributed by atoms with E-state index in [1.54, 1.807) is 13.8 Å². The number of hydrogen-bond acceptors (Lipinski definition) is 5. The summed E-state index contributed by atoms with van der Waals surface area (Å²) in [6, 6.07) is 8.16. The summed E-state index contributed by atoms with van der Waals surface area (Å²) in [5.74, 6) is -0.389. The van der Waals surface area contributed by atoms with Crippen LogP contribution in [0.2, 0.25) is 0 Å². The lowest BCUT2D eigenvalue weighted by molar-refractivity contribution is -0.385. The molecule has 3 aromatic rings. The number of fused-ring (bicyclic) bond motifs is 1. The predicted molar refractivity (Wildman–Crippen MR) is 94.0 cm³/mol. The summed E-state index contributed by atoms with van der Waals surface area (Å²) in [5.41, 5.74) is 0.718. The summed E-state index contributed by atoms with van der Waals surface area (Å²) in [6.45, 7) is 4.87. The second-order valence-electron chi connectivity index (χ2n) is 6.11. The molecule has 2 aromatic carbocycles. The van der Waals surface area contributed by atoms with Crippen molar-refractivity contribution < 1.29 is 23.3 Å². The molecule has 0 aliphatic rings. The summed E-state index contributed by atoms with van der Waals surface area (Å²) in [4.78, 5) is 23.0. The van der Waals surface area contributed by atoms with Gasteiger partial charge in [0.05, 0.1) is 22.7 Å². The average Bonchev–Trinajstić information content (AvgIpc) is 2.92. The van der Waals surface area contributed by atoms with Crippen molar-refractivity contribution in [1.82, 2.24) is 0 Å². The Balaban J connectivity index is 2.30. The van der Waals surface area contributed by atoms with Gasteiger partial charge in [-0.3, -0.25) is 14.9 Å². The van der Waals surface area contributed by atoms with E-state index in [4.69, 9.17) is 9.15 Å². The zero-order chi connectivity index (χ0) is 19.0. The van der Waals surface area contributed by atoms with Gasteiger partial charge in [-0.05, 0) is 51.1 Å². The van der Waals surface area contributed by atoms with Crippen LogP contribution in [0.15, 0.2) is 40.8 Å². The van der Waals surface area contributed by atoms with Gasteiger partial charge in [-0.25, -0.2) is 4.39 Å². The number of carbonyl (C=O) groups is 1. The van der Waals surface area contributed by atoms with Gasteiger partial charge in [-0.2, -0.15) is 0 Å². The van der Waals surface area contributed by atoms with Gasteiger partial charge in [0, 0.05) is 10.9 Å². The Labute approximate surface area is 148 Å². The molecule has 0 amide bonds. The monoisotopic (exact) mass is 357 g/mol. The van der Waals surface area contributed by atoms with Crippen molar-refractivity contribution >= 4 is 22.4 Å². The zero-order valence-electron chi connectivity index (χ0n) is 14.4. The van der Waals surface area contributed by atoms with Gasteiger partial charge in [-0.1, -0.05) is 0 Å². The molecule has 0 atom stereocenters. The van der Waals surface area contributed by atoms with Crippen molar-refractivity contribution in [2.24, 2.45) is 0 Å². The molecule has 0 unspecified atom stereocenters. The Morgan fingerprint density at radius 2 is 1.88 bits per heavy atom. The maximum absolute atomic E-state index is 13.2. The first kappa shape index (κ1) is 17.6. The van der Waals surface area contributed by atoms with Gasteiger partial charge in [0.1, 0.15) is 17.2 Å². The van der Waals surface area contributed by atoms with Crippen LogP contribution in [0.3, 0.4) is 0 Å². The van der Waals surface area contributed by atoms with Gasteiger partial charge in [0.15, 0.2) is 11.5 Å². The molecule has 3 rings (SSSR count). The van der Waals surface area contributed by atoms with Crippen molar-refractivity contribution in [3.05, 3.63) is 57.9 Å². The second-order valence-corrected chi connectivity index (χ2v) is 6.11. The molecule has 1 aromatic heterocycles. The van der Waals surface area contributed by atoms with E-state index < -0.39 is 10.7 Å². The molecule has 0 radical (unpaired) electrons. The molecule has 0 bridgehead atoms. The third-order valence-electron chi connectivity index (χ3n) is 3.79. The van der Waals surface area contributed by atoms with Gasteiger partial charge < -0.3 is 9.15 Å². The Hall–Kier alpha value is -3.22. The number of Topliss-reactive ketones (excluding diaryl/α,β-unsaturated/α-hetero) is 1. The highest BCUT2D eigenvalue weighted by molar-refractivity contribution is 6.11. The topological polar surface area (TPSA) is 82.6 Å². The molecule has 0 saturated carbocycles. The summed E-state index contributed by atoms with van der Waals surface area (Å²) in [7, 11) is 0. The van der Waals surface area contributed by atoms with E-state index in [1.807, 2.05) is 0 Å². The smallest absolute Gasteiger partial charge is 0.314 e. The predicted octanol–water partition coefficient (Wildman–Crippen LogP) is 5.14. The number of halogens is 1. The highest BCUT2D eigenvalue weighted by atomic mass is 19.1. The van der Waals surface area contributed by atoms with Gasteiger partial charge in [0.2, 0.25) is 0 Å². The molecule has 0 aliphatic heterocycles. The normalized spacial score (nSPS) is 11.1. The fourth-order valence-electron chi connectivity index (χ4n) is 2.76. The minimum absolute atomic E-state index is 0.0615. The molecule has 0 fully saturated rings. The molecule has 0 spiro atoms. The van der Waals surface area contributed by atoms with Crippen molar-refractivity contribution in [1.29, 1.82) is 0 Å². The fourth-order valence-corrected chi connectivity index (χ4v) is 2.76. The third-order valence-corrected chi connectivity index (χ3v) is 3.79. The standard InChI is InChI=1S/C19H16FNO5/c1-10(2)25-17-8-14-16(9-15(17)21(23)24)26-19(18(14)11(3)22)12-4-6-13(20)7-5-12/h4-10H,1-3H3. The zero-order valence-corrected chi connectivity index (χ0v) is 14.4. The fraction of sp³-hybridized carbons (Fsp3) is 0.211. The van der Waals surface area contributed by atoms with Crippen molar-refractivity contribution in [2.75, 3.05) is 0 Å². The van der Waals surface area contributed by atoms with Crippen LogP contribution in [0, 0.1) is 15.9 Å². The van der Waals surface area contributed by atoms with Crippen molar-refractivity contribution in [3.8, 4) is 17.1 Å². The van der Waals surface area contributed by atoms with E-state index in [1.165, 1.54) is 43.3 Å². The van der Waals surface area contributed by atoms with Crippen LogP contribution >= 0.6 is 0 Å². The number of ether oxygens (including phenoxy) is 1. The van der Waals surface area contributed by atoms with Crippen LogP contribution in [0.25, 0.3) is 22.3 Å². The molecule has 26 heavy (non-hydrogen) atoms. The molecule has 0 N–H and O–H groups in total. The number of nitrogens with zero attached hydrogens (tertiary/aromatic N) is 1. The highest BCUT2D eigenvalue weighted by Gasteiger charge is 2.25. The van der Waals surface area contributed by atoms with E-state index >= 15 is 0 Å². The third kappa shape index (κ3) is 3.15. The van der Waals surface area contributed by atoms with E-state index in [9.17, 15) is 19.3 Å². The summed E-state index contributed by atoms with van der Waals surface area (Å²) >= 11 is 0. The van der Waals surface area contributed by atoms with Crippen LogP contribution in [0.4, 0.5) is 10.1 Å². The first-order chi connectivity index (χ1) is 12.3. The summed E-state index contributed by atoms with van der Waals surface area (Å²) in [5, 5.41) is 11.8. The maximum Gasteiger partial charge on any atom is 0.314 e. The number of furan rings is 1. The first-order valence-corrected chi connectivity index (χ1v) is 7.96. The first-order valence-electron chi connectivity index (χ1n) is 7.96. The van der Waals surface area contributed by atoms with E-state index in [-0.39, 0.29) is 40.2 Å². The van der Waals surface area contributed by atoms with Gasteiger partial charge in [-0.15, -0.1) is 0 Å². The Kier molecular flexibility index (Phi) is 4.46. The molecule has 6 nitrogen and oxygen atoms in total. The lowest BCUT2D eigenvalue weighted by atomic mass is 10.0. The quantitative estimate of drug-likeness (QED) is 0.359. The van der Waals surface area contributed by atoms with E-state index in [2.05, 4.69) is 0 Å². The highest BCUT2D eigenvalue weighted by Crippen LogP contribution is 2.40. The number of ketones is 1. The second kappa shape index (κ2) is 6.59. The van der Waals surface area contributed by atoms with E-state index in [0.717, 1.165) is 0 Å². The number of carbonyl (C=O) groups excluding carboxylic acids is 1. The number of hydrogen-bond donors (Lipinski definition) is 0. The molecular weight excluding hydrogens is 341 g/mol. The SMILES string of the molecule is CC(=O)c1c(-c2ccc(F)cc2)oc2cc([N+](=O)[O-])c(OC(C)C)cc12. The number of nitro groups is 1. The van der Waals surface area contributed by atoms with Crippen LogP contribution < -0.4 is 4.74 Å². The van der Waals surface area contributed by atoms with Gasteiger partial charge in [0.25, 0.3) is 0 Å². The number of nitro benzene ring substituents is 1. The van der Waals surface area contributed by atoms with Crippen molar-refractivity contribution in [3.63, 3.8) is 0 Å². The lowest BCUT2D eigenvalue weighted by Gasteiger charge is -2.09. The molecule has 134 valence electrons. The Bertz CT molecular complexity index is 1000. The largest absolute Gasteiger partial charge is 0.484 e. The minimum Gasteiger partial charge on any atom is -0.484 e. The Morgan fingerprint density at radius 1 is 1.23 bits per heavy atom. The summed E-state index contributed by atoms with van der Waals surface area (Å²) in [6.07, 6.45) is -0.282. The van der Waals surface area contributed by atoms with Crippen LogP contribution in [-0.2, 0) is 0 Å². The van der Waals surface area contributed by atoms with Crippen LogP contribution in [0.5, 0.6) is 5.75 Å². The molecule has 0 saturated heterocycles. The molecule has 7 heteroatoms. The average molecular weight is 357 g/mol. The molecular formula is C19H16FNO5. The molecule has 1 heterocycles. The van der Waals surface area contributed by atoms with Crippen LogP contribution in [-0.4, -0.2) is 16.8 Å². The maximum atomic E-state index is 13.2. The number of rotatable bonds is 5. The van der Waals surface area contributed by atoms with Gasteiger partial charge >= 0.3 is 5.69 Å². The number of benzene rings is 2. The lowest BCUT2D eigenvalue weighted by Crippen LogP contribution is -2.07. The Morgan fingerprint density at radius 3 is 2.42 bits per heavy atom. The summed E-state index contributed by atoms with van der Waals surface area (Å²) < 4.78 is 24.5. The van der Waals surface area contributed by atoms with Crippen molar-refractivity contribution in [2.45, 2.75) is 26.9 Å². The van der Waals surface area contributed by atoms with E-state index in [0.29, 0.717) is 10.9 Å².